The highest BCUT2D eigenvalue weighted by Gasteiger charge is 2.52. The molecule has 36 heavy (non-hydrogen) atoms. The van der Waals surface area contributed by atoms with Crippen LogP contribution in [0.5, 0.6) is 0 Å². The van der Waals surface area contributed by atoms with Gasteiger partial charge in [-0.1, -0.05) is 18.2 Å². The van der Waals surface area contributed by atoms with Crippen molar-refractivity contribution in [3.63, 3.8) is 0 Å². The number of para-hydroxylation sites is 1. The minimum atomic E-state index is -1.61. The van der Waals surface area contributed by atoms with Gasteiger partial charge in [-0.05, 0) is 30.7 Å². The molecule has 188 valence electrons. The maximum Gasteiger partial charge on any atom is 0.340 e. The molecule has 1 unspecified atom stereocenters. The quantitative estimate of drug-likeness (QED) is 0.263. The van der Waals surface area contributed by atoms with E-state index in [-0.39, 0.29) is 39.3 Å². The highest BCUT2D eigenvalue weighted by Crippen LogP contribution is 2.50. The Morgan fingerprint density at radius 2 is 1.56 bits per heavy atom. The Kier molecular flexibility index (Phi) is 7.14. The van der Waals surface area contributed by atoms with E-state index in [2.05, 4.69) is 0 Å². The molecule has 1 aliphatic rings. The number of fused-ring (bicyclic) bond motifs is 1. The van der Waals surface area contributed by atoms with Crippen LogP contribution in [-0.2, 0) is 34.1 Å². The van der Waals surface area contributed by atoms with Crippen LogP contribution in [0.15, 0.2) is 48.0 Å². The second kappa shape index (κ2) is 9.90. The summed E-state index contributed by atoms with van der Waals surface area (Å²) < 4.78 is 19.4. The van der Waals surface area contributed by atoms with E-state index in [0.717, 1.165) is 34.5 Å². The van der Waals surface area contributed by atoms with Gasteiger partial charge in [-0.3, -0.25) is 5.41 Å². The number of ether oxygens (including phenoxy) is 4. The van der Waals surface area contributed by atoms with E-state index >= 15 is 0 Å². The largest absolute Gasteiger partial charge is 0.466 e. The summed E-state index contributed by atoms with van der Waals surface area (Å²) in [5.41, 5.74) is 4.53. The van der Waals surface area contributed by atoms with Gasteiger partial charge in [-0.15, -0.1) is 0 Å². The van der Waals surface area contributed by atoms with Crippen LogP contribution in [0, 0.1) is 5.41 Å². The molecular weight excluding hydrogens is 470 g/mol. The topological polar surface area (TPSA) is 158 Å². The van der Waals surface area contributed by atoms with Crippen LogP contribution in [0.2, 0.25) is 0 Å². The highest BCUT2D eigenvalue weighted by atomic mass is 16.5. The van der Waals surface area contributed by atoms with Crippen molar-refractivity contribution in [2.45, 2.75) is 12.5 Å². The zero-order chi connectivity index (χ0) is 26.8. The summed E-state index contributed by atoms with van der Waals surface area (Å²) in [4.78, 5) is 52.1. The average molecular weight is 495 g/mol. The lowest BCUT2D eigenvalue weighted by Crippen LogP contribution is -2.46. The molecule has 0 saturated carbocycles. The fourth-order valence-electron chi connectivity index (χ4n) is 4.31. The number of benzene rings is 2. The van der Waals surface area contributed by atoms with Crippen molar-refractivity contribution in [1.29, 1.82) is 5.41 Å². The minimum absolute atomic E-state index is 0.0640. The van der Waals surface area contributed by atoms with Gasteiger partial charge in [0.1, 0.15) is 11.4 Å². The van der Waals surface area contributed by atoms with Crippen molar-refractivity contribution >= 4 is 41.1 Å². The van der Waals surface area contributed by atoms with Crippen molar-refractivity contribution in [2.75, 3.05) is 39.1 Å². The first-order chi connectivity index (χ1) is 17.1. The molecule has 1 aliphatic heterocycles. The smallest absolute Gasteiger partial charge is 0.340 e. The van der Waals surface area contributed by atoms with E-state index in [4.69, 9.17) is 30.1 Å². The summed E-state index contributed by atoms with van der Waals surface area (Å²) in [6, 6.07) is 9.87. The molecule has 0 aliphatic carbocycles. The first-order valence-electron chi connectivity index (χ1n) is 10.5. The van der Waals surface area contributed by atoms with Gasteiger partial charge in [-0.25, -0.2) is 19.2 Å². The van der Waals surface area contributed by atoms with Gasteiger partial charge >= 0.3 is 23.9 Å². The predicted octanol–water partition coefficient (Wildman–Crippen LogP) is 2.18. The zero-order valence-electron chi connectivity index (χ0n) is 20.3. The fraction of sp³-hybridized carbons (Fsp3) is 0.240. The summed E-state index contributed by atoms with van der Waals surface area (Å²) in [6.07, 6.45) is 0.951. The number of carbonyl (C=O) groups excluding carboxylic acids is 4. The van der Waals surface area contributed by atoms with Crippen molar-refractivity contribution in [2.24, 2.45) is 0 Å². The Bertz CT molecular complexity index is 1300. The summed E-state index contributed by atoms with van der Waals surface area (Å²) in [5.74, 6) is -3.75. The minimum Gasteiger partial charge on any atom is -0.466 e. The monoisotopic (exact) mass is 495 g/mol. The van der Waals surface area contributed by atoms with Gasteiger partial charge in [0, 0.05) is 17.3 Å². The number of nitrogen functional groups attached to an aromatic ring is 1. The molecule has 2 aromatic rings. The van der Waals surface area contributed by atoms with Gasteiger partial charge in [-0.2, -0.15) is 0 Å². The van der Waals surface area contributed by atoms with Crippen LogP contribution >= 0.6 is 0 Å². The Morgan fingerprint density at radius 1 is 0.944 bits per heavy atom. The number of nitrogens with zero attached hydrogens (tertiary/aromatic N) is 1. The summed E-state index contributed by atoms with van der Waals surface area (Å²) >= 11 is 0. The summed E-state index contributed by atoms with van der Waals surface area (Å²) in [7, 11) is 4.53. The number of hydrogen-bond acceptors (Lipinski definition) is 10. The molecule has 0 spiro atoms. The van der Waals surface area contributed by atoms with Gasteiger partial charge in [0.15, 0.2) is 0 Å². The normalized spacial score (nSPS) is 16.8. The average Bonchev–Trinajstić information content (AvgIpc) is 3.12. The zero-order valence-corrected chi connectivity index (χ0v) is 20.3. The Morgan fingerprint density at radius 3 is 2.08 bits per heavy atom. The molecule has 3 rings (SSSR count). The Balaban J connectivity index is 2.53. The second-order valence-electron chi connectivity index (χ2n) is 7.78. The lowest BCUT2D eigenvalue weighted by atomic mass is 9.81. The van der Waals surface area contributed by atoms with E-state index in [1.54, 1.807) is 37.3 Å². The maximum absolute atomic E-state index is 13.0. The van der Waals surface area contributed by atoms with Crippen LogP contribution in [0.4, 0.5) is 11.4 Å². The van der Waals surface area contributed by atoms with Crippen molar-refractivity contribution < 1.29 is 38.1 Å². The van der Waals surface area contributed by atoms with E-state index in [9.17, 15) is 19.2 Å². The Hall–Kier alpha value is -4.67. The first-order valence-corrected chi connectivity index (χ1v) is 10.5. The standard InChI is InChI=1S/C25H25N3O8/c1-25(16(23(31)35-4)12-17(29)33-2)15-11-14(22(30)34-3)18(24(32)36-5)20(26)19(15)21(27)28(25)13-9-7-6-8-10-13/h6-12,27H,26H2,1-5H3/b16-12-,27-21?. The van der Waals surface area contributed by atoms with Crippen molar-refractivity contribution in [3.05, 3.63) is 70.3 Å². The summed E-state index contributed by atoms with van der Waals surface area (Å²) in [6.45, 7) is 1.56. The van der Waals surface area contributed by atoms with Crippen LogP contribution in [0.3, 0.4) is 0 Å². The Labute approximate surface area is 206 Å². The third-order valence-electron chi connectivity index (χ3n) is 6.00. The van der Waals surface area contributed by atoms with Gasteiger partial charge < -0.3 is 29.6 Å². The van der Waals surface area contributed by atoms with E-state index in [1.807, 2.05) is 0 Å². The second-order valence-corrected chi connectivity index (χ2v) is 7.78. The lowest BCUT2D eigenvalue weighted by molar-refractivity contribution is -0.139. The first kappa shape index (κ1) is 25.9. The van der Waals surface area contributed by atoms with Crippen LogP contribution in [0.1, 0.15) is 38.8 Å². The number of methoxy groups -OCH3 is 4. The SMILES string of the molecule is COC(=O)/C=C(/C(=O)OC)C1(C)c2cc(C(=O)OC)c(C(=O)OC)c(N)c2C(=N)N1c1ccccc1. The van der Waals surface area contributed by atoms with Crippen molar-refractivity contribution in [3.8, 4) is 0 Å². The van der Waals surface area contributed by atoms with Crippen LogP contribution in [-0.4, -0.2) is 58.2 Å². The number of rotatable bonds is 6. The molecule has 0 saturated heterocycles. The third-order valence-corrected chi connectivity index (χ3v) is 6.00. The number of amidine groups is 1. The van der Waals surface area contributed by atoms with Crippen molar-refractivity contribution in [1.82, 2.24) is 0 Å². The molecule has 0 fully saturated rings. The number of anilines is 2. The molecule has 0 bridgehead atoms. The fourth-order valence-corrected chi connectivity index (χ4v) is 4.31. The number of hydrogen-bond donors (Lipinski definition) is 2. The molecule has 2 aromatic carbocycles. The molecule has 0 aromatic heterocycles. The van der Waals surface area contributed by atoms with Gasteiger partial charge in [0.25, 0.3) is 0 Å². The third kappa shape index (κ3) is 3.94. The van der Waals surface area contributed by atoms with E-state index < -0.39 is 29.4 Å². The summed E-state index contributed by atoms with van der Waals surface area (Å²) in [5, 5.41) is 9.04. The van der Waals surface area contributed by atoms with Crippen LogP contribution in [0.25, 0.3) is 0 Å². The molecular formula is C25H25N3O8. The predicted molar refractivity (Wildman–Crippen MR) is 129 cm³/mol. The molecule has 3 N–H and O–H groups in total. The molecule has 1 heterocycles. The van der Waals surface area contributed by atoms with E-state index in [0.29, 0.717) is 5.69 Å². The molecule has 0 radical (unpaired) electrons. The highest BCUT2D eigenvalue weighted by molar-refractivity contribution is 6.22. The maximum atomic E-state index is 13.0. The van der Waals surface area contributed by atoms with Crippen LogP contribution < -0.4 is 10.6 Å². The molecule has 1 atom stereocenters. The van der Waals surface area contributed by atoms with Gasteiger partial charge in [0.2, 0.25) is 0 Å². The number of esters is 4. The molecule has 0 amide bonds. The lowest BCUT2D eigenvalue weighted by Gasteiger charge is -2.38. The van der Waals surface area contributed by atoms with Gasteiger partial charge in [0.05, 0.1) is 50.8 Å². The number of nitrogens with one attached hydrogen (secondary N) is 1. The number of nitrogens with two attached hydrogens (primary N) is 1. The van der Waals surface area contributed by atoms with E-state index in [1.165, 1.54) is 11.0 Å². The number of carbonyl (C=O) groups is 4. The molecule has 11 nitrogen and oxygen atoms in total. The molecule has 11 heteroatoms.